The molecule has 2 N–H and O–H groups in total. The van der Waals surface area contributed by atoms with Crippen molar-refractivity contribution in [1.82, 2.24) is 9.97 Å². The molecule has 1 rings (SSSR count). The van der Waals surface area contributed by atoms with Crippen molar-refractivity contribution in [2.75, 3.05) is 13.2 Å². The van der Waals surface area contributed by atoms with Gasteiger partial charge < -0.3 is 10.2 Å². The van der Waals surface area contributed by atoms with Crippen molar-refractivity contribution in [1.29, 1.82) is 0 Å². The van der Waals surface area contributed by atoms with Crippen LogP contribution in [0.15, 0.2) is 12.3 Å². The Hall–Kier alpha value is -1.26. The van der Waals surface area contributed by atoms with Crippen LogP contribution < -0.4 is 0 Å². The predicted molar refractivity (Wildman–Crippen MR) is 72.1 cm³/mol. The molecule has 1 aromatic heterocycles. The van der Waals surface area contributed by atoms with E-state index in [1.807, 2.05) is 26.8 Å². The van der Waals surface area contributed by atoms with Gasteiger partial charge in [0.25, 0.3) is 0 Å². The number of hydrogen-bond donors (Lipinski definition) is 2. The number of aliphatic hydroxyl groups excluding tert-OH is 2. The molecule has 0 bridgehead atoms. The zero-order valence-electron chi connectivity index (χ0n) is 11.3. The first-order chi connectivity index (χ1) is 8.65. The number of aryl methyl sites for hydroxylation is 2. The largest absolute Gasteiger partial charge is 0.396 e. The molecule has 18 heavy (non-hydrogen) atoms. The summed E-state index contributed by atoms with van der Waals surface area (Å²) in [4.78, 5) is 8.81. The molecule has 100 valence electrons. The van der Waals surface area contributed by atoms with Gasteiger partial charge >= 0.3 is 0 Å². The first-order valence-corrected chi connectivity index (χ1v) is 6.41. The molecule has 0 radical (unpaired) electrons. The Balaban J connectivity index is 3.15. The summed E-state index contributed by atoms with van der Waals surface area (Å²) in [6.45, 7) is 5.91. The van der Waals surface area contributed by atoms with Crippen LogP contribution in [0, 0.1) is 12.8 Å². The van der Waals surface area contributed by atoms with Gasteiger partial charge in [-0.15, -0.1) is 0 Å². The first kappa shape index (κ1) is 14.8. The van der Waals surface area contributed by atoms with Gasteiger partial charge in [0.05, 0.1) is 23.7 Å². The van der Waals surface area contributed by atoms with Crippen LogP contribution in [-0.2, 0) is 6.42 Å². The minimum Gasteiger partial charge on any atom is -0.396 e. The van der Waals surface area contributed by atoms with Crippen molar-refractivity contribution in [3.05, 3.63) is 29.4 Å². The minimum atomic E-state index is -0.0841. The maximum atomic E-state index is 9.49. The van der Waals surface area contributed by atoms with E-state index >= 15 is 0 Å². The Labute approximate surface area is 108 Å². The summed E-state index contributed by atoms with van der Waals surface area (Å²) in [5, 5.41) is 18.7. The van der Waals surface area contributed by atoms with E-state index < -0.39 is 0 Å². The second kappa shape index (κ2) is 7.24. The van der Waals surface area contributed by atoms with E-state index in [1.54, 1.807) is 6.20 Å². The van der Waals surface area contributed by atoms with Crippen molar-refractivity contribution < 1.29 is 10.2 Å². The third-order valence-electron chi connectivity index (χ3n) is 3.04. The Morgan fingerprint density at radius 3 is 2.61 bits per heavy atom. The quantitative estimate of drug-likeness (QED) is 0.807. The molecule has 0 aliphatic rings. The van der Waals surface area contributed by atoms with Crippen LogP contribution in [0.3, 0.4) is 0 Å². The Morgan fingerprint density at radius 1 is 1.39 bits per heavy atom. The lowest BCUT2D eigenvalue weighted by molar-refractivity contribution is 0.249. The van der Waals surface area contributed by atoms with Gasteiger partial charge in [-0.25, -0.2) is 4.98 Å². The van der Waals surface area contributed by atoms with Gasteiger partial charge in [0.1, 0.15) is 0 Å². The van der Waals surface area contributed by atoms with E-state index in [-0.39, 0.29) is 19.1 Å². The average Bonchev–Trinajstić information content (AvgIpc) is 2.41. The lowest BCUT2D eigenvalue weighted by Crippen LogP contribution is -2.07. The van der Waals surface area contributed by atoms with Crippen LogP contribution in [-0.4, -0.2) is 33.4 Å². The molecule has 4 heteroatoms. The molecule has 0 aliphatic heterocycles. The highest BCUT2D eigenvalue weighted by molar-refractivity contribution is 5.65. The molecule has 1 aromatic rings. The Morgan fingerprint density at radius 2 is 2.11 bits per heavy atom. The number of aliphatic hydroxyl groups is 2. The summed E-state index contributed by atoms with van der Waals surface area (Å²) in [5.41, 5.74) is 3.20. The summed E-state index contributed by atoms with van der Waals surface area (Å²) in [6, 6.07) is 0. The van der Waals surface area contributed by atoms with E-state index in [9.17, 15) is 10.2 Å². The molecule has 4 nitrogen and oxygen atoms in total. The van der Waals surface area contributed by atoms with E-state index in [0.29, 0.717) is 0 Å². The van der Waals surface area contributed by atoms with Crippen LogP contribution in [0.25, 0.3) is 5.57 Å². The molecule has 1 heterocycles. The standard InChI is InChI=1S/C14H22N2O2/c1-4-11(8-17)6-12(9-18)14-10(3)15-7-13(5-2)16-14/h6-7,11,17-18H,4-5,8-9H2,1-3H3/b12-6-. The smallest absolute Gasteiger partial charge is 0.0897 e. The highest BCUT2D eigenvalue weighted by atomic mass is 16.3. The minimum absolute atomic E-state index is 0.0543. The number of aromatic nitrogens is 2. The van der Waals surface area contributed by atoms with Crippen LogP contribution >= 0.6 is 0 Å². The average molecular weight is 250 g/mol. The van der Waals surface area contributed by atoms with Gasteiger partial charge in [-0.3, -0.25) is 4.98 Å². The second-order valence-corrected chi connectivity index (χ2v) is 4.35. The molecule has 0 aromatic carbocycles. The van der Waals surface area contributed by atoms with Crippen molar-refractivity contribution in [2.45, 2.75) is 33.6 Å². The monoisotopic (exact) mass is 250 g/mol. The van der Waals surface area contributed by atoms with Crippen LogP contribution in [0.2, 0.25) is 0 Å². The van der Waals surface area contributed by atoms with Gasteiger partial charge in [0.15, 0.2) is 0 Å². The molecule has 0 saturated carbocycles. The van der Waals surface area contributed by atoms with E-state index in [2.05, 4.69) is 9.97 Å². The molecule has 1 atom stereocenters. The lowest BCUT2D eigenvalue weighted by atomic mass is 10.0. The van der Waals surface area contributed by atoms with E-state index in [0.717, 1.165) is 35.5 Å². The van der Waals surface area contributed by atoms with Crippen LogP contribution in [0.4, 0.5) is 0 Å². The Bertz CT molecular complexity index is 412. The fourth-order valence-electron chi connectivity index (χ4n) is 1.75. The SMILES string of the molecule is CCc1cnc(C)c(/C(=C\C(CC)CO)CO)n1. The predicted octanol–water partition coefficient (Wildman–Crippen LogP) is 1.74. The van der Waals surface area contributed by atoms with Crippen molar-refractivity contribution in [3.63, 3.8) is 0 Å². The molecular weight excluding hydrogens is 228 g/mol. The van der Waals surface area contributed by atoms with E-state index in [4.69, 9.17) is 0 Å². The van der Waals surface area contributed by atoms with Gasteiger partial charge in [-0.05, 0) is 19.8 Å². The van der Waals surface area contributed by atoms with Crippen LogP contribution in [0.1, 0.15) is 37.4 Å². The summed E-state index contributed by atoms with van der Waals surface area (Å²) in [6.07, 6.45) is 5.31. The third kappa shape index (κ3) is 3.62. The normalized spacial score (nSPS) is 13.7. The summed E-state index contributed by atoms with van der Waals surface area (Å²) in [5.74, 6) is 0.0543. The molecule has 0 amide bonds. The topological polar surface area (TPSA) is 66.2 Å². The Kier molecular flexibility index (Phi) is 5.95. The lowest BCUT2D eigenvalue weighted by Gasteiger charge is -2.12. The first-order valence-electron chi connectivity index (χ1n) is 6.41. The second-order valence-electron chi connectivity index (χ2n) is 4.35. The zero-order valence-corrected chi connectivity index (χ0v) is 11.3. The van der Waals surface area contributed by atoms with Crippen molar-refractivity contribution in [2.24, 2.45) is 5.92 Å². The maximum Gasteiger partial charge on any atom is 0.0897 e. The molecule has 0 aliphatic carbocycles. The summed E-state index contributed by atoms with van der Waals surface area (Å²) >= 11 is 0. The fraction of sp³-hybridized carbons (Fsp3) is 0.571. The highest BCUT2D eigenvalue weighted by Crippen LogP contribution is 2.18. The van der Waals surface area contributed by atoms with Gasteiger partial charge in [-0.1, -0.05) is 19.9 Å². The van der Waals surface area contributed by atoms with Gasteiger partial charge in [0.2, 0.25) is 0 Å². The van der Waals surface area contributed by atoms with Crippen LogP contribution in [0.5, 0.6) is 0 Å². The highest BCUT2D eigenvalue weighted by Gasteiger charge is 2.11. The summed E-state index contributed by atoms with van der Waals surface area (Å²) in [7, 11) is 0. The number of hydrogen-bond acceptors (Lipinski definition) is 4. The third-order valence-corrected chi connectivity index (χ3v) is 3.04. The molecular formula is C14H22N2O2. The number of rotatable bonds is 6. The fourth-order valence-corrected chi connectivity index (χ4v) is 1.75. The molecule has 1 unspecified atom stereocenters. The maximum absolute atomic E-state index is 9.49. The van der Waals surface area contributed by atoms with Crippen molar-refractivity contribution in [3.8, 4) is 0 Å². The van der Waals surface area contributed by atoms with Crippen molar-refractivity contribution >= 4 is 5.57 Å². The van der Waals surface area contributed by atoms with E-state index in [1.165, 1.54) is 0 Å². The molecule has 0 spiro atoms. The van der Waals surface area contributed by atoms with Gasteiger partial charge in [0, 0.05) is 24.3 Å². The van der Waals surface area contributed by atoms with Gasteiger partial charge in [-0.2, -0.15) is 0 Å². The molecule has 0 saturated heterocycles. The molecule has 0 fully saturated rings. The summed E-state index contributed by atoms with van der Waals surface area (Å²) < 4.78 is 0. The zero-order chi connectivity index (χ0) is 13.5. The number of nitrogens with zero attached hydrogens (tertiary/aromatic N) is 2.